The molecule has 0 N–H and O–H groups in total. The van der Waals surface area contributed by atoms with Crippen LogP contribution in [0, 0.1) is 6.07 Å². The standard InChI is InChI=1S/C9H9O/c1-7-6-8-4-2-3-5-9(8)10-7/h2-4,7H,6H2,1H3/t7-/m0/s1. The maximum absolute atomic E-state index is 5.45. The first-order valence-corrected chi connectivity index (χ1v) is 3.52. The molecule has 1 aromatic rings. The molecular weight excluding hydrogens is 124 g/mol. The molecule has 1 heteroatoms. The predicted molar refractivity (Wildman–Crippen MR) is 39.1 cm³/mol. The molecule has 1 aliphatic heterocycles. The molecule has 10 heavy (non-hydrogen) atoms. The topological polar surface area (TPSA) is 9.23 Å². The molecular formula is C9H9O. The van der Waals surface area contributed by atoms with Gasteiger partial charge in [-0.3, -0.25) is 0 Å². The van der Waals surface area contributed by atoms with E-state index >= 15 is 0 Å². The van der Waals surface area contributed by atoms with Crippen molar-refractivity contribution in [1.82, 2.24) is 0 Å². The van der Waals surface area contributed by atoms with Gasteiger partial charge in [-0.25, -0.2) is 0 Å². The zero-order valence-electron chi connectivity index (χ0n) is 5.92. The molecule has 0 bridgehead atoms. The fourth-order valence-corrected chi connectivity index (χ4v) is 1.28. The third-order valence-corrected chi connectivity index (χ3v) is 1.73. The molecule has 1 heterocycles. The molecule has 1 radical (unpaired) electrons. The molecule has 1 atom stereocenters. The van der Waals surface area contributed by atoms with Crippen LogP contribution < -0.4 is 4.74 Å². The van der Waals surface area contributed by atoms with Gasteiger partial charge in [-0.05, 0) is 12.5 Å². The van der Waals surface area contributed by atoms with Gasteiger partial charge in [-0.15, -0.1) is 0 Å². The van der Waals surface area contributed by atoms with E-state index < -0.39 is 0 Å². The lowest BCUT2D eigenvalue weighted by Gasteiger charge is -2.00. The summed E-state index contributed by atoms with van der Waals surface area (Å²) in [6.45, 7) is 2.08. The largest absolute Gasteiger partial charge is 0.489 e. The van der Waals surface area contributed by atoms with Crippen LogP contribution in [0.4, 0.5) is 0 Å². The Kier molecular flexibility index (Phi) is 1.16. The van der Waals surface area contributed by atoms with E-state index in [0.29, 0.717) is 6.10 Å². The van der Waals surface area contributed by atoms with Gasteiger partial charge in [0.2, 0.25) is 0 Å². The van der Waals surface area contributed by atoms with E-state index in [2.05, 4.69) is 19.1 Å². The first-order valence-electron chi connectivity index (χ1n) is 3.52. The third-order valence-electron chi connectivity index (χ3n) is 1.73. The van der Waals surface area contributed by atoms with Crippen molar-refractivity contribution in [3.63, 3.8) is 0 Å². The number of hydrogen-bond donors (Lipinski definition) is 0. The summed E-state index contributed by atoms with van der Waals surface area (Å²) in [6.07, 6.45) is 1.38. The van der Waals surface area contributed by atoms with Crippen LogP contribution in [0.25, 0.3) is 0 Å². The van der Waals surface area contributed by atoms with Gasteiger partial charge in [0, 0.05) is 12.5 Å². The molecule has 0 aromatic heterocycles. The summed E-state index contributed by atoms with van der Waals surface area (Å²) in [6, 6.07) is 9.04. The van der Waals surface area contributed by atoms with Crippen LogP contribution >= 0.6 is 0 Å². The molecule has 0 fully saturated rings. The smallest absolute Gasteiger partial charge is 0.131 e. The molecule has 1 aromatic carbocycles. The highest BCUT2D eigenvalue weighted by Crippen LogP contribution is 2.26. The van der Waals surface area contributed by atoms with Crippen molar-refractivity contribution in [2.45, 2.75) is 19.4 Å². The van der Waals surface area contributed by atoms with E-state index in [1.54, 1.807) is 0 Å². The minimum atomic E-state index is 0.341. The first-order chi connectivity index (χ1) is 4.86. The average molecular weight is 133 g/mol. The Morgan fingerprint density at radius 2 is 2.60 bits per heavy atom. The Labute approximate surface area is 60.6 Å². The lowest BCUT2D eigenvalue weighted by molar-refractivity contribution is 0.254. The van der Waals surface area contributed by atoms with Gasteiger partial charge in [-0.1, -0.05) is 18.2 Å². The Balaban J connectivity index is 2.42. The number of hydrogen-bond acceptors (Lipinski definition) is 1. The first kappa shape index (κ1) is 5.78. The summed E-state index contributed by atoms with van der Waals surface area (Å²) in [5, 5.41) is 0. The summed E-state index contributed by atoms with van der Waals surface area (Å²) in [5.41, 5.74) is 1.29. The molecule has 1 nitrogen and oxygen atoms in total. The maximum Gasteiger partial charge on any atom is 0.131 e. The van der Waals surface area contributed by atoms with Gasteiger partial charge in [-0.2, -0.15) is 0 Å². The van der Waals surface area contributed by atoms with Gasteiger partial charge >= 0.3 is 0 Å². The van der Waals surface area contributed by atoms with E-state index in [1.165, 1.54) is 5.56 Å². The Hall–Kier alpha value is -0.980. The molecule has 51 valence electrons. The molecule has 0 saturated carbocycles. The van der Waals surface area contributed by atoms with Crippen molar-refractivity contribution in [2.24, 2.45) is 0 Å². The van der Waals surface area contributed by atoms with Gasteiger partial charge in [0.1, 0.15) is 11.9 Å². The van der Waals surface area contributed by atoms with Gasteiger partial charge in [0.25, 0.3) is 0 Å². The second kappa shape index (κ2) is 2.01. The van der Waals surface area contributed by atoms with Crippen molar-refractivity contribution in [2.75, 3.05) is 0 Å². The van der Waals surface area contributed by atoms with Crippen molar-refractivity contribution in [1.29, 1.82) is 0 Å². The van der Waals surface area contributed by atoms with Crippen molar-refractivity contribution < 1.29 is 4.74 Å². The lowest BCUT2D eigenvalue weighted by atomic mass is 10.1. The zero-order valence-corrected chi connectivity index (χ0v) is 5.92. The van der Waals surface area contributed by atoms with Crippen LogP contribution in [0.2, 0.25) is 0 Å². The molecule has 0 amide bonds. The lowest BCUT2D eigenvalue weighted by Crippen LogP contribution is -2.05. The summed E-state index contributed by atoms with van der Waals surface area (Å²) in [4.78, 5) is 0. The van der Waals surface area contributed by atoms with Crippen molar-refractivity contribution >= 4 is 0 Å². The molecule has 0 aliphatic carbocycles. The monoisotopic (exact) mass is 133 g/mol. The zero-order chi connectivity index (χ0) is 6.97. The SMILES string of the molecule is C[C@H]1Cc2ccc[c]c2O1. The molecule has 1 aliphatic rings. The van der Waals surface area contributed by atoms with E-state index in [1.807, 2.05) is 12.1 Å². The quantitative estimate of drug-likeness (QED) is 0.524. The highest BCUT2D eigenvalue weighted by atomic mass is 16.5. The van der Waals surface area contributed by atoms with Crippen LogP contribution in [-0.4, -0.2) is 6.10 Å². The molecule has 0 unspecified atom stereocenters. The molecule has 2 rings (SSSR count). The van der Waals surface area contributed by atoms with Gasteiger partial charge in [0.15, 0.2) is 0 Å². The summed E-state index contributed by atoms with van der Waals surface area (Å²) in [7, 11) is 0. The van der Waals surface area contributed by atoms with Gasteiger partial charge in [0.05, 0.1) is 0 Å². The summed E-state index contributed by atoms with van der Waals surface area (Å²) in [5.74, 6) is 0.940. The van der Waals surface area contributed by atoms with Crippen LogP contribution in [0.15, 0.2) is 18.2 Å². The van der Waals surface area contributed by atoms with E-state index in [9.17, 15) is 0 Å². The predicted octanol–water partition coefficient (Wildman–Crippen LogP) is 1.81. The second-order valence-corrected chi connectivity index (χ2v) is 2.66. The average Bonchev–Trinajstić information content (AvgIpc) is 2.27. The van der Waals surface area contributed by atoms with Crippen LogP contribution in [0.5, 0.6) is 5.75 Å². The highest BCUT2D eigenvalue weighted by Gasteiger charge is 2.17. The fraction of sp³-hybridized carbons (Fsp3) is 0.333. The number of fused-ring (bicyclic) bond motifs is 1. The third kappa shape index (κ3) is 0.783. The van der Waals surface area contributed by atoms with Gasteiger partial charge < -0.3 is 4.74 Å². The van der Waals surface area contributed by atoms with Crippen LogP contribution in [0.3, 0.4) is 0 Å². The summed E-state index contributed by atoms with van der Waals surface area (Å²) >= 11 is 0. The highest BCUT2D eigenvalue weighted by molar-refractivity contribution is 5.35. The number of ether oxygens (including phenoxy) is 1. The van der Waals surface area contributed by atoms with E-state index in [-0.39, 0.29) is 0 Å². The molecule has 0 spiro atoms. The van der Waals surface area contributed by atoms with Crippen molar-refractivity contribution in [3.8, 4) is 5.75 Å². The van der Waals surface area contributed by atoms with Crippen LogP contribution in [-0.2, 0) is 6.42 Å². The van der Waals surface area contributed by atoms with Crippen molar-refractivity contribution in [3.05, 3.63) is 29.8 Å². The number of para-hydroxylation sites is 1. The minimum absolute atomic E-state index is 0.341. The Bertz CT molecular complexity index is 217. The normalized spacial score (nSPS) is 21.9. The van der Waals surface area contributed by atoms with E-state index in [4.69, 9.17) is 4.74 Å². The van der Waals surface area contributed by atoms with E-state index in [0.717, 1.165) is 12.2 Å². The summed E-state index contributed by atoms with van der Waals surface area (Å²) < 4.78 is 5.45. The minimum Gasteiger partial charge on any atom is -0.489 e. The maximum atomic E-state index is 5.45. The number of rotatable bonds is 0. The second-order valence-electron chi connectivity index (χ2n) is 2.66. The number of benzene rings is 1. The Morgan fingerprint density at radius 1 is 1.70 bits per heavy atom. The Morgan fingerprint density at radius 3 is 3.40 bits per heavy atom. The molecule has 0 saturated heterocycles. The van der Waals surface area contributed by atoms with Crippen LogP contribution in [0.1, 0.15) is 12.5 Å². The fourth-order valence-electron chi connectivity index (χ4n) is 1.28.